The molecule has 0 spiro atoms. The zero-order valence-electron chi connectivity index (χ0n) is 8.78. The molecule has 0 bridgehead atoms. The quantitative estimate of drug-likeness (QED) is 0.668. The maximum atomic E-state index is 9.75. The van der Waals surface area contributed by atoms with Crippen molar-refractivity contribution in [3.8, 4) is 5.75 Å². The number of aryl methyl sites for hydroxylation is 2. The van der Waals surface area contributed by atoms with Crippen LogP contribution in [0.1, 0.15) is 29.7 Å². The van der Waals surface area contributed by atoms with E-state index in [1.54, 1.807) is 13.0 Å². The number of aromatic hydroxyl groups is 1. The summed E-state index contributed by atoms with van der Waals surface area (Å²) in [6.07, 6.45) is -0.665. The zero-order valence-corrected chi connectivity index (χ0v) is 8.78. The molecule has 2 atom stereocenters. The highest BCUT2D eigenvalue weighted by atomic mass is 16.3. The molecular formula is C11H17NO2. The van der Waals surface area contributed by atoms with Crippen LogP contribution in [0.5, 0.6) is 5.75 Å². The highest BCUT2D eigenvalue weighted by Crippen LogP contribution is 2.29. The van der Waals surface area contributed by atoms with Crippen LogP contribution in [-0.4, -0.2) is 16.3 Å². The van der Waals surface area contributed by atoms with E-state index in [1.165, 1.54) is 0 Å². The average Bonchev–Trinajstić information content (AvgIpc) is 2.09. The van der Waals surface area contributed by atoms with Gasteiger partial charge < -0.3 is 15.9 Å². The molecule has 0 aliphatic carbocycles. The molecule has 0 fully saturated rings. The van der Waals surface area contributed by atoms with Crippen molar-refractivity contribution in [1.82, 2.24) is 0 Å². The van der Waals surface area contributed by atoms with Crippen LogP contribution in [0, 0.1) is 13.8 Å². The standard InChI is InChI=1S/C11H17NO2/c1-6-4-7(2)11(14)9(5-6)10(12)8(3)13/h4-5,8,10,13-14H,12H2,1-3H3/t8?,10-/m1/s1. The van der Waals surface area contributed by atoms with Crippen molar-refractivity contribution in [3.63, 3.8) is 0 Å². The number of nitrogens with two attached hydrogens (primary N) is 1. The van der Waals surface area contributed by atoms with E-state index in [-0.39, 0.29) is 5.75 Å². The van der Waals surface area contributed by atoms with Crippen LogP contribution in [0.25, 0.3) is 0 Å². The molecule has 1 rings (SSSR count). The molecule has 3 nitrogen and oxygen atoms in total. The number of hydrogen-bond donors (Lipinski definition) is 3. The van der Waals surface area contributed by atoms with E-state index >= 15 is 0 Å². The summed E-state index contributed by atoms with van der Waals surface area (Å²) in [6, 6.07) is 3.15. The van der Waals surface area contributed by atoms with E-state index in [4.69, 9.17) is 5.73 Å². The summed E-state index contributed by atoms with van der Waals surface area (Å²) in [4.78, 5) is 0. The van der Waals surface area contributed by atoms with Crippen LogP contribution in [-0.2, 0) is 0 Å². The Balaban J connectivity index is 3.20. The number of benzene rings is 1. The van der Waals surface area contributed by atoms with Crippen molar-refractivity contribution in [3.05, 3.63) is 28.8 Å². The van der Waals surface area contributed by atoms with Gasteiger partial charge in [-0.25, -0.2) is 0 Å². The lowest BCUT2D eigenvalue weighted by atomic mass is 9.97. The van der Waals surface area contributed by atoms with E-state index in [1.807, 2.05) is 19.9 Å². The Morgan fingerprint density at radius 1 is 1.29 bits per heavy atom. The maximum absolute atomic E-state index is 9.75. The molecule has 4 N–H and O–H groups in total. The van der Waals surface area contributed by atoms with E-state index in [2.05, 4.69) is 0 Å². The molecule has 0 amide bonds. The molecule has 0 aliphatic rings. The molecule has 0 saturated carbocycles. The summed E-state index contributed by atoms with van der Waals surface area (Å²) in [6.45, 7) is 5.37. The van der Waals surface area contributed by atoms with Gasteiger partial charge in [0, 0.05) is 5.56 Å². The fourth-order valence-corrected chi connectivity index (χ4v) is 1.51. The second-order valence-electron chi connectivity index (χ2n) is 3.79. The first-order valence-electron chi connectivity index (χ1n) is 4.67. The molecule has 1 unspecified atom stereocenters. The minimum atomic E-state index is -0.665. The highest BCUT2D eigenvalue weighted by molar-refractivity contribution is 5.44. The third kappa shape index (κ3) is 2.05. The van der Waals surface area contributed by atoms with E-state index < -0.39 is 12.1 Å². The van der Waals surface area contributed by atoms with Crippen molar-refractivity contribution in [1.29, 1.82) is 0 Å². The molecule has 1 aromatic carbocycles. The first-order chi connectivity index (χ1) is 6.43. The largest absolute Gasteiger partial charge is 0.507 e. The number of phenolic OH excluding ortho intramolecular Hbond substituents is 1. The number of rotatable bonds is 2. The predicted octanol–water partition coefficient (Wildman–Crippen LogP) is 1.39. The number of aliphatic hydroxyl groups is 1. The first-order valence-corrected chi connectivity index (χ1v) is 4.67. The summed E-state index contributed by atoms with van der Waals surface area (Å²) in [5, 5.41) is 19.1. The molecule has 0 aliphatic heterocycles. The molecule has 14 heavy (non-hydrogen) atoms. The fourth-order valence-electron chi connectivity index (χ4n) is 1.51. The topological polar surface area (TPSA) is 66.5 Å². The summed E-state index contributed by atoms with van der Waals surface area (Å²) >= 11 is 0. The highest BCUT2D eigenvalue weighted by Gasteiger charge is 2.17. The van der Waals surface area contributed by atoms with Crippen molar-refractivity contribution in [2.75, 3.05) is 0 Å². The van der Waals surface area contributed by atoms with Gasteiger partial charge in [0.25, 0.3) is 0 Å². The third-order valence-corrected chi connectivity index (χ3v) is 2.35. The van der Waals surface area contributed by atoms with Crippen LogP contribution in [0.15, 0.2) is 12.1 Å². The van der Waals surface area contributed by atoms with Gasteiger partial charge >= 0.3 is 0 Å². The van der Waals surface area contributed by atoms with Crippen molar-refractivity contribution in [2.45, 2.75) is 32.9 Å². The minimum Gasteiger partial charge on any atom is -0.507 e. The Morgan fingerprint density at radius 2 is 1.86 bits per heavy atom. The lowest BCUT2D eigenvalue weighted by molar-refractivity contribution is 0.162. The summed E-state index contributed by atoms with van der Waals surface area (Å²) in [5.41, 5.74) is 8.20. The molecule has 0 radical (unpaired) electrons. The molecule has 1 aromatic rings. The van der Waals surface area contributed by atoms with Gasteiger partial charge in [-0.1, -0.05) is 17.7 Å². The fraction of sp³-hybridized carbons (Fsp3) is 0.455. The average molecular weight is 195 g/mol. The zero-order chi connectivity index (χ0) is 10.9. The lowest BCUT2D eigenvalue weighted by Gasteiger charge is -2.18. The van der Waals surface area contributed by atoms with E-state index in [0.717, 1.165) is 11.1 Å². The van der Waals surface area contributed by atoms with Crippen molar-refractivity contribution < 1.29 is 10.2 Å². The number of aliphatic hydroxyl groups excluding tert-OH is 1. The normalized spacial score (nSPS) is 15.2. The van der Waals surface area contributed by atoms with Gasteiger partial charge in [0.15, 0.2) is 0 Å². The summed E-state index contributed by atoms with van der Waals surface area (Å²) < 4.78 is 0. The second kappa shape index (κ2) is 3.98. The monoisotopic (exact) mass is 195 g/mol. The number of phenols is 1. The van der Waals surface area contributed by atoms with Crippen LogP contribution in [0.3, 0.4) is 0 Å². The Hall–Kier alpha value is -1.06. The number of hydrogen-bond acceptors (Lipinski definition) is 3. The Morgan fingerprint density at radius 3 is 2.36 bits per heavy atom. The first kappa shape index (κ1) is 11.0. The summed E-state index contributed by atoms with van der Waals surface area (Å²) in [7, 11) is 0. The second-order valence-corrected chi connectivity index (χ2v) is 3.79. The van der Waals surface area contributed by atoms with Gasteiger partial charge in [0.1, 0.15) is 5.75 Å². The van der Waals surface area contributed by atoms with Gasteiger partial charge in [-0.15, -0.1) is 0 Å². The third-order valence-electron chi connectivity index (χ3n) is 2.35. The lowest BCUT2D eigenvalue weighted by Crippen LogP contribution is -2.23. The van der Waals surface area contributed by atoms with Gasteiger partial charge in [-0.05, 0) is 26.3 Å². The molecule has 3 heteroatoms. The summed E-state index contributed by atoms with van der Waals surface area (Å²) in [5.74, 6) is 0.184. The van der Waals surface area contributed by atoms with E-state index in [0.29, 0.717) is 5.56 Å². The van der Waals surface area contributed by atoms with Crippen molar-refractivity contribution in [2.24, 2.45) is 5.73 Å². The molecule has 0 aromatic heterocycles. The predicted molar refractivity (Wildman–Crippen MR) is 56.2 cm³/mol. The molecule has 0 heterocycles. The smallest absolute Gasteiger partial charge is 0.123 e. The van der Waals surface area contributed by atoms with Gasteiger partial charge in [-0.2, -0.15) is 0 Å². The minimum absolute atomic E-state index is 0.184. The van der Waals surface area contributed by atoms with Crippen molar-refractivity contribution >= 4 is 0 Å². The van der Waals surface area contributed by atoms with Gasteiger partial charge in [-0.3, -0.25) is 0 Å². The Labute approximate surface area is 84.2 Å². The van der Waals surface area contributed by atoms with Crippen LogP contribution < -0.4 is 5.73 Å². The SMILES string of the molecule is Cc1cc(C)c(O)c([C@H](N)C(C)O)c1. The Kier molecular flexibility index (Phi) is 3.13. The van der Waals surface area contributed by atoms with Crippen LogP contribution >= 0.6 is 0 Å². The van der Waals surface area contributed by atoms with Gasteiger partial charge in [0.2, 0.25) is 0 Å². The van der Waals surface area contributed by atoms with E-state index in [9.17, 15) is 10.2 Å². The van der Waals surface area contributed by atoms with Crippen LogP contribution in [0.4, 0.5) is 0 Å². The molecule has 0 saturated heterocycles. The Bertz CT molecular complexity index is 334. The maximum Gasteiger partial charge on any atom is 0.123 e. The molecular weight excluding hydrogens is 178 g/mol. The molecule has 78 valence electrons. The van der Waals surface area contributed by atoms with Gasteiger partial charge in [0.05, 0.1) is 12.1 Å². The van der Waals surface area contributed by atoms with Crippen LogP contribution in [0.2, 0.25) is 0 Å².